The van der Waals surface area contributed by atoms with E-state index in [-0.39, 0.29) is 16.4 Å². The van der Waals surface area contributed by atoms with Gasteiger partial charge in [-0.2, -0.15) is 8.42 Å². The van der Waals surface area contributed by atoms with Crippen molar-refractivity contribution >= 4 is 43.9 Å². The van der Waals surface area contributed by atoms with E-state index in [9.17, 15) is 8.42 Å². The van der Waals surface area contributed by atoms with E-state index in [1.165, 1.54) is 49.7 Å². The molecule has 122 valence electrons. The summed E-state index contributed by atoms with van der Waals surface area (Å²) in [4.78, 5) is -0.0446. The molecule has 0 aliphatic carbocycles. The molecule has 0 bridgehead atoms. The van der Waals surface area contributed by atoms with Crippen LogP contribution in [0.4, 0.5) is 0 Å². The summed E-state index contributed by atoms with van der Waals surface area (Å²) < 4.78 is 35.3. The number of nitrogens with zero attached hydrogens (tertiary/aromatic N) is 1. The fourth-order valence-corrected chi connectivity index (χ4v) is 3.45. The third kappa shape index (κ3) is 4.15. The lowest BCUT2D eigenvalue weighted by Gasteiger charge is -2.13. The molecule has 0 heterocycles. The zero-order valence-corrected chi connectivity index (χ0v) is 14.9. The molecule has 0 spiro atoms. The average molecular weight is 421 g/mol. The number of halogens is 2. The van der Waals surface area contributed by atoms with E-state index in [1.807, 2.05) is 0 Å². The van der Waals surface area contributed by atoms with Crippen molar-refractivity contribution in [2.75, 3.05) is 7.11 Å². The molecule has 2 aromatic carbocycles. The van der Waals surface area contributed by atoms with Crippen LogP contribution in [0.15, 0.2) is 50.9 Å². The van der Waals surface area contributed by atoms with E-state index >= 15 is 0 Å². The summed E-state index contributed by atoms with van der Waals surface area (Å²) in [5.41, 5.74) is 0.493. The van der Waals surface area contributed by atoms with E-state index < -0.39 is 10.1 Å². The van der Waals surface area contributed by atoms with Gasteiger partial charge in [-0.15, -0.1) is 0 Å². The Balaban J connectivity index is 2.44. The minimum absolute atomic E-state index is 0.0162. The second-order valence-electron chi connectivity index (χ2n) is 4.27. The lowest BCUT2D eigenvalue weighted by atomic mass is 10.2. The van der Waals surface area contributed by atoms with Crippen molar-refractivity contribution in [1.29, 1.82) is 0 Å². The Morgan fingerprint density at radius 2 is 1.91 bits per heavy atom. The number of hydrogen-bond donors (Lipinski definition) is 1. The van der Waals surface area contributed by atoms with Crippen molar-refractivity contribution in [2.45, 2.75) is 4.90 Å². The van der Waals surface area contributed by atoms with Crippen LogP contribution >= 0.6 is 27.5 Å². The number of ether oxygens (including phenoxy) is 1. The van der Waals surface area contributed by atoms with Gasteiger partial charge < -0.3 is 14.1 Å². The third-order valence-corrected chi connectivity index (χ3v) is 4.83. The van der Waals surface area contributed by atoms with Gasteiger partial charge in [-0.05, 0) is 52.3 Å². The molecule has 1 N–H and O–H groups in total. The van der Waals surface area contributed by atoms with Crippen LogP contribution < -0.4 is 8.92 Å². The maximum atomic E-state index is 12.3. The van der Waals surface area contributed by atoms with Crippen LogP contribution in [0.2, 0.25) is 5.02 Å². The molecule has 0 atom stereocenters. The van der Waals surface area contributed by atoms with Crippen molar-refractivity contribution in [1.82, 2.24) is 0 Å². The average Bonchev–Trinajstić information content (AvgIpc) is 2.50. The SMILES string of the molecule is COc1cc(/C=N\O)cc(Br)c1OS(=O)(=O)c1ccc(Cl)cc1. The van der Waals surface area contributed by atoms with Crippen LogP contribution in [-0.2, 0) is 10.1 Å². The number of oxime groups is 1. The Hall–Kier alpha value is -1.77. The maximum absolute atomic E-state index is 12.3. The molecule has 23 heavy (non-hydrogen) atoms. The highest BCUT2D eigenvalue weighted by atomic mass is 79.9. The molecule has 6 nitrogen and oxygen atoms in total. The summed E-state index contributed by atoms with van der Waals surface area (Å²) in [5, 5.41) is 11.9. The lowest BCUT2D eigenvalue weighted by molar-refractivity contribution is 0.322. The molecule has 0 radical (unpaired) electrons. The summed E-state index contributed by atoms with van der Waals surface area (Å²) in [7, 11) is -2.70. The number of methoxy groups -OCH3 is 1. The molecule has 0 amide bonds. The first kappa shape index (κ1) is 17.6. The van der Waals surface area contributed by atoms with Gasteiger partial charge >= 0.3 is 10.1 Å². The lowest BCUT2D eigenvalue weighted by Crippen LogP contribution is -2.11. The van der Waals surface area contributed by atoms with Gasteiger partial charge in [-0.1, -0.05) is 16.8 Å². The molecule has 0 unspecified atom stereocenters. The van der Waals surface area contributed by atoms with Crippen LogP contribution in [0.5, 0.6) is 11.5 Å². The van der Waals surface area contributed by atoms with E-state index in [1.54, 1.807) is 0 Å². The number of benzene rings is 2. The molecule has 0 saturated carbocycles. The highest BCUT2D eigenvalue weighted by Gasteiger charge is 2.21. The minimum atomic E-state index is -4.06. The first-order valence-corrected chi connectivity index (χ1v) is 8.70. The fourth-order valence-electron chi connectivity index (χ4n) is 1.72. The Labute approximate surface area is 146 Å². The first-order chi connectivity index (χ1) is 10.9. The van der Waals surface area contributed by atoms with Crippen LogP contribution in [0.25, 0.3) is 0 Å². The molecule has 0 aliphatic rings. The molecule has 0 saturated heterocycles. The van der Waals surface area contributed by atoms with Crippen LogP contribution in [-0.4, -0.2) is 26.9 Å². The minimum Gasteiger partial charge on any atom is -0.493 e. The van der Waals surface area contributed by atoms with E-state index in [4.69, 9.17) is 25.7 Å². The smallest absolute Gasteiger partial charge is 0.339 e. The van der Waals surface area contributed by atoms with Crippen molar-refractivity contribution in [3.05, 3.63) is 51.5 Å². The topological polar surface area (TPSA) is 85.2 Å². The normalized spacial score (nSPS) is 11.6. The van der Waals surface area contributed by atoms with Crippen LogP contribution in [0.3, 0.4) is 0 Å². The summed E-state index contributed by atoms with van der Waals surface area (Å²) in [6.07, 6.45) is 1.17. The number of hydrogen-bond acceptors (Lipinski definition) is 6. The Morgan fingerprint density at radius 1 is 1.26 bits per heavy atom. The molecule has 0 fully saturated rings. The van der Waals surface area contributed by atoms with E-state index in [0.717, 1.165) is 0 Å². The molecule has 9 heteroatoms. The number of rotatable bonds is 5. The maximum Gasteiger partial charge on any atom is 0.339 e. The molecule has 0 aliphatic heterocycles. The molecule has 2 aromatic rings. The zero-order valence-electron chi connectivity index (χ0n) is 11.7. The van der Waals surface area contributed by atoms with Crippen LogP contribution in [0, 0.1) is 0 Å². The molecular weight excluding hydrogens is 410 g/mol. The zero-order chi connectivity index (χ0) is 17.0. The third-order valence-electron chi connectivity index (χ3n) is 2.75. The van der Waals surface area contributed by atoms with Gasteiger partial charge in [0, 0.05) is 10.6 Å². The van der Waals surface area contributed by atoms with E-state index in [0.29, 0.717) is 15.1 Å². The van der Waals surface area contributed by atoms with Gasteiger partial charge in [0.25, 0.3) is 0 Å². The van der Waals surface area contributed by atoms with Crippen LogP contribution in [0.1, 0.15) is 5.56 Å². The monoisotopic (exact) mass is 419 g/mol. The standard InChI is InChI=1S/C14H11BrClNO5S/c1-21-13-7-9(8-17-18)6-12(15)14(13)22-23(19,20)11-4-2-10(16)3-5-11/h2-8,18H,1H3/b17-8-. The Bertz CT molecular complexity index is 837. The van der Waals surface area contributed by atoms with E-state index in [2.05, 4.69) is 21.1 Å². The van der Waals surface area contributed by atoms with Crippen molar-refractivity contribution in [2.24, 2.45) is 5.16 Å². The van der Waals surface area contributed by atoms with Gasteiger partial charge in [-0.3, -0.25) is 0 Å². The van der Waals surface area contributed by atoms with Crippen molar-refractivity contribution in [3.8, 4) is 11.5 Å². The Morgan fingerprint density at radius 3 is 2.48 bits per heavy atom. The summed E-state index contributed by atoms with van der Waals surface area (Å²) in [6, 6.07) is 8.57. The predicted octanol–water partition coefficient (Wildman–Crippen LogP) is 3.69. The largest absolute Gasteiger partial charge is 0.493 e. The van der Waals surface area contributed by atoms with Gasteiger partial charge in [0.05, 0.1) is 17.8 Å². The first-order valence-electron chi connectivity index (χ1n) is 6.12. The van der Waals surface area contributed by atoms with Crippen molar-refractivity contribution < 1.29 is 22.5 Å². The molecule has 2 rings (SSSR count). The second kappa shape index (κ2) is 7.20. The van der Waals surface area contributed by atoms with Crippen molar-refractivity contribution in [3.63, 3.8) is 0 Å². The van der Waals surface area contributed by atoms with Gasteiger partial charge in [0.15, 0.2) is 11.5 Å². The highest BCUT2D eigenvalue weighted by Crippen LogP contribution is 2.38. The van der Waals surface area contributed by atoms with Gasteiger partial charge in [0.2, 0.25) is 0 Å². The Kier molecular flexibility index (Phi) is 5.51. The summed E-state index contributed by atoms with van der Waals surface area (Å²) >= 11 is 8.96. The summed E-state index contributed by atoms with van der Waals surface area (Å²) in [6.45, 7) is 0. The summed E-state index contributed by atoms with van der Waals surface area (Å²) in [5.74, 6) is 0.143. The highest BCUT2D eigenvalue weighted by molar-refractivity contribution is 9.10. The predicted molar refractivity (Wildman–Crippen MR) is 89.3 cm³/mol. The second-order valence-corrected chi connectivity index (χ2v) is 7.11. The van der Waals surface area contributed by atoms with Gasteiger partial charge in [0.1, 0.15) is 4.90 Å². The quantitative estimate of drug-likeness (QED) is 0.345. The van der Waals surface area contributed by atoms with Gasteiger partial charge in [-0.25, -0.2) is 0 Å². The molecule has 0 aromatic heterocycles. The molecular formula is C14H11BrClNO5S. The fraction of sp³-hybridized carbons (Fsp3) is 0.0714.